The number of unbranched alkanes of at least 4 members (excludes halogenated alkanes) is 1. The van der Waals surface area contributed by atoms with Crippen molar-refractivity contribution in [3.8, 4) is 0 Å². The number of fused-ring (bicyclic) bond motifs is 1. The molecule has 0 saturated carbocycles. The highest BCUT2D eigenvalue weighted by atomic mass is 16.5. The predicted octanol–water partition coefficient (Wildman–Crippen LogP) is 3.38. The van der Waals surface area contributed by atoms with Gasteiger partial charge >= 0.3 is 5.97 Å². The van der Waals surface area contributed by atoms with E-state index in [0.717, 1.165) is 62.1 Å². The van der Waals surface area contributed by atoms with Gasteiger partial charge in [-0.05, 0) is 55.9 Å². The largest absolute Gasteiger partial charge is 0.480 e. The molecule has 1 aromatic heterocycles. The van der Waals surface area contributed by atoms with E-state index in [2.05, 4.69) is 33.1 Å². The van der Waals surface area contributed by atoms with Gasteiger partial charge in [0, 0.05) is 50.0 Å². The third kappa shape index (κ3) is 8.53. The topological polar surface area (TPSA) is 136 Å². The third-order valence-electron chi connectivity index (χ3n) is 5.66. The van der Waals surface area contributed by atoms with Gasteiger partial charge in [0.05, 0.1) is 5.57 Å². The van der Waals surface area contributed by atoms with Crippen LogP contribution in [0.25, 0.3) is 0 Å². The number of amides is 1. The lowest BCUT2D eigenvalue weighted by Gasteiger charge is -2.17. The van der Waals surface area contributed by atoms with Crippen molar-refractivity contribution < 1.29 is 19.4 Å². The minimum Gasteiger partial charge on any atom is -0.480 e. The van der Waals surface area contributed by atoms with E-state index in [9.17, 15) is 14.7 Å². The number of carbonyl (C=O) groups is 2. The number of benzene rings is 1. The van der Waals surface area contributed by atoms with Crippen LogP contribution in [0.5, 0.6) is 0 Å². The summed E-state index contributed by atoms with van der Waals surface area (Å²) in [6, 6.07) is 12.3. The molecular weight excluding hydrogens is 446 g/mol. The number of carbonyl (C=O) groups excluding carboxylic acids is 1. The van der Waals surface area contributed by atoms with Crippen molar-refractivity contribution in [3.63, 3.8) is 0 Å². The predicted molar refractivity (Wildman–Crippen MR) is 136 cm³/mol. The molecule has 2 aromatic rings. The zero-order valence-electron chi connectivity index (χ0n) is 19.8. The SMILES string of the molecule is N=C/C(=C\Nc1ccccc1)C(=O)NC(CCOCCCCc1ccc2c(n1)NCCC2)C(=O)O. The van der Waals surface area contributed by atoms with E-state index >= 15 is 0 Å². The van der Waals surface area contributed by atoms with Crippen molar-refractivity contribution in [1.29, 1.82) is 5.41 Å². The average Bonchev–Trinajstić information content (AvgIpc) is 2.88. The first kappa shape index (κ1) is 25.9. The summed E-state index contributed by atoms with van der Waals surface area (Å²) in [6.07, 6.45) is 7.23. The molecule has 186 valence electrons. The van der Waals surface area contributed by atoms with E-state index in [1.54, 1.807) is 0 Å². The highest BCUT2D eigenvalue weighted by Gasteiger charge is 2.21. The summed E-state index contributed by atoms with van der Waals surface area (Å²) in [5, 5.41) is 25.7. The minimum absolute atomic E-state index is 0.0204. The first-order valence-corrected chi connectivity index (χ1v) is 11.9. The summed E-state index contributed by atoms with van der Waals surface area (Å²) in [7, 11) is 0. The number of nitrogens with one attached hydrogen (secondary N) is 4. The number of carboxylic acids is 1. The van der Waals surface area contributed by atoms with Crippen molar-refractivity contribution in [3.05, 3.63) is 65.5 Å². The number of nitrogens with zero attached hydrogens (tertiary/aromatic N) is 1. The van der Waals surface area contributed by atoms with Gasteiger partial charge in [-0.25, -0.2) is 9.78 Å². The molecule has 1 atom stereocenters. The standard InChI is InChI=1S/C26H33N5O4/c27-17-20(18-29-21-8-2-1-3-9-21)25(32)31-23(26(33)34)13-16-35-15-5-4-10-22-12-11-19-7-6-14-28-24(19)30-22/h1-3,8-9,11-12,17-18,23,27,29H,4-7,10,13-16H2,(H,28,30)(H,31,32)(H,33,34)/b20-18+,27-17?. The summed E-state index contributed by atoms with van der Waals surface area (Å²) in [5.41, 5.74) is 3.11. The number of aromatic nitrogens is 1. The Labute approximate surface area is 205 Å². The van der Waals surface area contributed by atoms with Gasteiger partial charge in [-0.1, -0.05) is 24.3 Å². The van der Waals surface area contributed by atoms with Crippen molar-refractivity contribution in [2.24, 2.45) is 0 Å². The zero-order valence-corrected chi connectivity index (χ0v) is 19.8. The maximum Gasteiger partial charge on any atom is 0.326 e. The minimum atomic E-state index is -1.14. The molecule has 1 aromatic carbocycles. The smallest absolute Gasteiger partial charge is 0.326 e. The van der Waals surface area contributed by atoms with Crippen LogP contribution in [0, 0.1) is 5.41 Å². The van der Waals surface area contributed by atoms with Crippen LogP contribution < -0.4 is 16.0 Å². The summed E-state index contributed by atoms with van der Waals surface area (Å²) in [6.45, 7) is 1.69. The van der Waals surface area contributed by atoms with Crippen LogP contribution in [0.1, 0.15) is 36.9 Å². The van der Waals surface area contributed by atoms with Crippen LogP contribution >= 0.6 is 0 Å². The second-order valence-corrected chi connectivity index (χ2v) is 8.32. The molecule has 0 bridgehead atoms. The number of hydrogen-bond donors (Lipinski definition) is 5. The molecule has 0 fully saturated rings. The van der Waals surface area contributed by atoms with Gasteiger partial charge in [0.25, 0.3) is 5.91 Å². The number of anilines is 2. The van der Waals surface area contributed by atoms with Gasteiger partial charge in [-0.15, -0.1) is 0 Å². The van der Waals surface area contributed by atoms with Gasteiger partial charge in [-0.3, -0.25) is 4.79 Å². The Bertz CT molecular complexity index is 1030. The number of para-hydroxylation sites is 1. The number of aryl methyl sites for hydroxylation is 2. The van der Waals surface area contributed by atoms with Gasteiger partial charge in [0.1, 0.15) is 11.9 Å². The molecule has 1 amide bonds. The summed E-state index contributed by atoms with van der Waals surface area (Å²) in [4.78, 5) is 28.7. The highest BCUT2D eigenvalue weighted by Crippen LogP contribution is 2.20. The van der Waals surface area contributed by atoms with Crippen molar-refractivity contribution >= 4 is 29.6 Å². The molecule has 9 heteroatoms. The number of hydrogen-bond acceptors (Lipinski definition) is 7. The fraction of sp³-hybridized carbons (Fsp3) is 0.385. The Morgan fingerprint density at radius 3 is 2.77 bits per heavy atom. The molecule has 3 rings (SSSR count). The van der Waals surface area contributed by atoms with Gasteiger partial charge in [-0.2, -0.15) is 0 Å². The maximum atomic E-state index is 12.4. The fourth-order valence-corrected chi connectivity index (χ4v) is 3.69. The van der Waals surface area contributed by atoms with Crippen molar-refractivity contribution in [1.82, 2.24) is 10.3 Å². The molecule has 9 nitrogen and oxygen atoms in total. The molecule has 2 heterocycles. The summed E-state index contributed by atoms with van der Waals surface area (Å²) >= 11 is 0. The second kappa shape index (κ2) is 13.9. The quantitative estimate of drug-likeness (QED) is 0.159. The molecule has 1 unspecified atom stereocenters. The van der Waals surface area contributed by atoms with Crippen LogP contribution in [0.15, 0.2) is 54.2 Å². The van der Waals surface area contributed by atoms with Crippen LogP contribution in [0.2, 0.25) is 0 Å². The molecule has 0 aliphatic carbocycles. The average molecular weight is 480 g/mol. The van der Waals surface area contributed by atoms with Gasteiger partial charge in [0.15, 0.2) is 0 Å². The van der Waals surface area contributed by atoms with Crippen LogP contribution in [0.4, 0.5) is 11.5 Å². The zero-order chi connectivity index (χ0) is 24.9. The van der Waals surface area contributed by atoms with E-state index in [1.165, 1.54) is 11.8 Å². The molecule has 1 aliphatic rings. The van der Waals surface area contributed by atoms with E-state index in [1.807, 2.05) is 30.3 Å². The Morgan fingerprint density at radius 2 is 2.00 bits per heavy atom. The van der Waals surface area contributed by atoms with Crippen LogP contribution in [-0.4, -0.2) is 54.0 Å². The molecule has 1 aliphatic heterocycles. The Morgan fingerprint density at radius 1 is 1.17 bits per heavy atom. The molecule has 0 radical (unpaired) electrons. The second-order valence-electron chi connectivity index (χ2n) is 8.32. The fourth-order valence-electron chi connectivity index (χ4n) is 3.69. The monoisotopic (exact) mass is 479 g/mol. The summed E-state index contributed by atoms with van der Waals surface area (Å²) < 4.78 is 5.60. The lowest BCUT2D eigenvalue weighted by atomic mass is 10.1. The van der Waals surface area contributed by atoms with Gasteiger partial charge < -0.3 is 31.2 Å². The molecule has 0 spiro atoms. The van der Waals surface area contributed by atoms with E-state index in [4.69, 9.17) is 10.1 Å². The molecule has 35 heavy (non-hydrogen) atoms. The molecular formula is C26H33N5O4. The van der Waals surface area contributed by atoms with Crippen molar-refractivity contribution in [2.75, 3.05) is 30.4 Å². The molecule has 0 saturated heterocycles. The maximum absolute atomic E-state index is 12.4. The summed E-state index contributed by atoms with van der Waals surface area (Å²) in [5.74, 6) is -0.777. The first-order chi connectivity index (χ1) is 17.1. The van der Waals surface area contributed by atoms with E-state index in [-0.39, 0.29) is 18.6 Å². The van der Waals surface area contributed by atoms with E-state index in [0.29, 0.717) is 6.61 Å². The number of rotatable bonds is 14. The number of carboxylic acid groups (broad SMARTS) is 1. The Kier molecular flexibility index (Phi) is 10.3. The molecule has 5 N–H and O–H groups in total. The van der Waals surface area contributed by atoms with E-state index < -0.39 is 17.9 Å². The van der Waals surface area contributed by atoms with Gasteiger partial charge in [0.2, 0.25) is 0 Å². The van der Waals surface area contributed by atoms with Crippen molar-refractivity contribution in [2.45, 2.75) is 44.6 Å². The highest BCUT2D eigenvalue weighted by molar-refractivity contribution is 6.12. The number of aliphatic carboxylic acids is 1. The normalized spacial score (nSPS) is 13.8. The Balaban J connectivity index is 1.35. The first-order valence-electron chi connectivity index (χ1n) is 11.9. The lowest BCUT2D eigenvalue weighted by molar-refractivity contribution is -0.141. The van der Waals surface area contributed by atoms with Crippen LogP contribution in [-0.2, 0) is 27.2 Å². The Hall–Kier alpha value is -3.72. The third-order valence-corrected chi connectivity index (χ3v) is 5.66. The number of ether oxygens (including phenoxy) is 1. The lowest BCUT2D eigenvalue weighted by Crippen LogP contribution is -2.42. The number of pyridine rings is 1. The van der Waals surface area contributed by atoms with Crippen LogP contribution in [0.3, 0.4) is 0 Å².